The Hall–Kier alpha value is -1.17. The molecule has 2 aliphatic heterocycles. The number of aromatic amines is 1. The Kier molecular flexibility index (Phi) is 4.87. The molecular weight excluding hydrogens is 363 g/mol. The van der Waals surface area contributed by atoms with E-state index < -0.39 is 0 Å². The Morgan fingerprint density at radius 2 is 1.85 bits per heavy atom. The molecule has 146 valence electrons. The monoisotopic (exact) mass is 390 g/mol. The van der Waals surface area contributed by atoms with E-state index in [9.17, 15) is 4.39 Å². The van der Waals surface area contributed by atoms with Crippen molar-refractivity contribution in [2.45, 2.75) is 63.6 Å². The van der Waals surface area contributed by atoms with Crippen LogP contribution in [0.3, 0.4) is 0 Å². The zero-order valence-electron chi connectivity index (χ0n) is 15.8. The summed E-state index contributed by atoms with van der Waals surface area (Å²) in [5.41, 5.74) is 1.36. The zero-order valence-corrected chi connectivity index (χ0v) is 16.5. The molecule has 0 amide bonds. The van der Waals surface area contributed by atoms with Crippen molar-refractivity contribution in [3.8, 4) is 0 Å². The van der Waals surface area contributed by atoms with E-state index in [1.165, 1.54) is 63.6 Å². The normalized spacial score (nSPS) is 27.2. The van der Waals surface area contributed by atoms with Crippen molar-refractivity contribution < 1.29 is 4.39 Å². The molecule has 3 fully saturated rings. The van der Waals surface area contributed by atoms with Crippen molar-refractivity contribution in [3.63, 3.8) is 0 Å². The lowest BCUT2D eigenvalue weighted by atomic mass is 10.0. The van der Waals surface area contributed by atoms with Gasteiger partial charge < -0.3 is 4.98 Å². The number of nitrogens with zero attached hydrogens (tertiary/aromatic N) is 3. The van der Waals surface area contributed by atoms with Crippen molar-refractivity contribution in [1.82, 2.24) is 19.8 Å². The minimum atomic E-state index is -0.323. The van der Waals surface area contributed by atoms with Crippen LogP contribution in [0.15, 0.2) is 12.1 Å². The number of halogens is 2. The van der Waals surface area contributed by atoms with E-state index in [1.54, 1.807) is 0 Å². The molecule has 0 spiro atoms. The van der Waals surface area contributed by atoms with Crippen LogP contribution >= 0.6 is 11.6 Å². The minimum Gasteiger partial charge on any atom is -0.341 e. The fourth-order valence-corrected chi connectivity index (χ4v) is 5.83. The predicted molar refractivity (Wildman–Crippen MR) is 106 cm³/mol. The van der Waals surface area contributed by atoms with Gasteiger partial charge in [-0.3, -0.25) is 9.80 Å². The van der Waals surface area contributed by atoms with E-state index in [4.69, 9.17) is 11.6 Å². The van der Waals surface area contributed by atoms with Gasteiger partial charge in [0.1, 0.15) is 17.2 Å². The smallest absolute Gasteiger partial charge is 0.126 e. The molecule has 4 nitrogen and oxygen atoms in total. The number of hydrogen-bond acceptors (Lipinski definition) is 3. The van der Waals surface area contributed by atoms with Gasteiger partial charge in [0.05, 0.1) is 17.1 Å². The third-order valence-electron chi connectivity index (χ3n) is 6.91. The molecule has 5 rings (SSSR count). The number of fused-ring (bicyclic) bond motifs is 3. The second-order valence-corrected chi connectivity index (χ2v) is 9.13. The number of aromatic nitrogens is 2. The Morgan fingerprint density at radius 3 is 2.59 bits per heavy atom. The van der Waals surface area contributed by atoms with Crippen LogP contribution in [0.2, 0.25) is 5.02 Å². The van der Waals surface area contributed by atoms with Gasteiger partial charge in [0.25, 0.3) is 0 Å². The van der Waals surface area contributed by atoms with Gasteiger partial charge in [-0.1, -0.05) is 37.3 Å². The molecular formula is C21H28ClFN4. The molecule has 6 heteroatoms. The average Bonchev–Trinajstić information content (AvgIpc) is 3.32. The molecule has 1 saturated carbocycles. The Morgan fingerprint density at radius 1 is 1.11 bits per heavy atom. The molecule has 1 aromatic heterocycles. The Balaban J connectivity index is 1.23. The standard InChI is InChI=1S/C21H28ClFN4/c22-18-9-15(23)10-19-21(18)25-20(24-19)13-26-11-16-5-6-17(12-26)27(16)8-7-14-3-1-2-4-14/h9-10,14,16-17H,1-8,11-13H2,(H,24,25). The van der Waals surface area contributed by atoms with Crippen LogP contribution in [-0.4, -0.2) is 51.5 Å². The van der Waals surface area contributed by atoms with Crippen molar-refractivity contribution >= 4 is 22.6 Å². The molecule has 2 atom stereocenters. The van der Waals surface area contributed by atoms with Crippen LogP contribution in [0, 0.1) is 11.7 Å². The number of imidazole rings is 1. The predicted octanol–water partition coefficient (Wildman–Crippen LogP) is 4.58. The van der Waals surface area contributed by atoms with Gasteiger partial charge in [-0.25, -0.2) is 9.37 Å². The largest absolute Gasteiger partial charge is 0.341 e. The summed E-state index contributed by atoms with van der Waals surface area (Å²) in [5, 5.41) is 0.379. The molecule has 27 heavy (non-hydrogen) atoms. The van der Waals surface area contributed by atoms with Gasteiger partial charge in [-0.2, -0.15) is 0 Å². The maximum Gasteiger partial charge on any atom is 0.126 e. The molecule has 3 aliphatic rings. The van der Waals surface area contributed by atoms with Gasteiger partial charge in [-0.15, -0.1) is 0 Å². The summed E-state index contributed by atoms with van der Waals surface area (Å²) in [6.07, 6.45) is 9.81. The molecule has 1 N–H and O–H groups in total. The summed E-state index contributed by atoms with van der Waals surface area (Å²) in [6, 6.07) is 4.19. The maximum atomic E-state index is 13.6. The topological polar surface area (TPSA) is 35.2 Å². The quantitative estimate of drug-likeness (QED) is 0.811. The number of hydrogen-bond donors (Lipinski definition) is 1. The first-order chi connectivity index (χ1) is 13.2. The summed E-state index contributed by atoms with van der Waals surface area (Å²) < 4.78 is 13.6. The first kappa shape index (κ1) is 17.9. The highest BCUT2D eigenvalue weighted by Gasteiger charge is 2.39. The number of piperazine rings is 1. The number of likely N-dealkylation sites (tertiary alicyclic amines) is 1. The van der Waals surface area contributed by atoms with Gasteiger partial charge >= 0.3 is 0 Å². The lowest BCUT2D eigenvalue weighted by Crippen LogP contribution is -2.53. The average molecular weight is 391 g/mol. The third-order valence-corrected chi connectivity index (χ3v) is 7.19. The third kappa shape index (κ3) is 3.62. The summed E-state index contributed by atoms with van der Waals surface area (Å²) in [6.45, 7) is 4.30. The van der Waals surface area contributed by atoms with Crippen LogP contribution in [0.4, 0.5) is 4.39 Å². The lowest BCUT2D eigenvalue weighted by molar-refractivity contribution is 0.0571. The van der Waals surface area contributed by atoms with E-state index in [0.717, 1.165) is 31.4 Å². The number of nitrogens with one attached hydrogen (secondary N) is 1. The van der Waals surface area contributed by atoms with Crippen molar-refractivity contribution in [3.05, 3.63) is 28.8 Å². The minimum absolute atomic E-state index is 0.323. The van der Waals surface area contributed by atoms with Crippen LogP contribution < -0.4 is 0 Å². The first-order valence-electron chi connectivity index (χ1n) is 10.5. The summed E-state index contributed by atoms with van der Waals surface area (Å²) in [4.78, 5) is 13.2. The zero-order chi connectivity index (χ0) is 18.4. The highest BCUT2D eigenvalue weighted by Crippen LogP contribution is 2.34. The SMILES string of the molecule is Fc1cc(Cl)c2nc(CN3CC4CCC(C3)N4CCC3CCCC3)[nH]c2c1. The van der Waals surface area contributed by atoms with E-state index in [1.807, 2.05) is 0 Å². The van der Waals surface area contributed by atoms with Crippen LogP contribution in [0.25, 0.3) is 11.0 Å². The second-order valence-electron chi connectivity index (χ2n) is 8.72. The van der Waals surface area contributed by atoms with Gasteiger partial charge in [0, 0.05) is 25.2 Å². The van der Waals surface area contributed by atoms with Crippen LogP contribution in [0.5, 0.6) is 0 Å². The molecule has 2 saturated heterocycles. The molecule has 1 aromatic carbocycles. The lowest BCUT2D eigenvalue weighted by Gasteiger charge is -2.41. The summed E-state index contributed by atoms with van der Waals surface area (Å²) >= 11 is 6.14. The molecule has 2 unspecified atom stereocenters. The van der Waals surface area contributed by atoms with Gasteiger partial charge in [0.15, 0.2) is 0 Å². The summed E-state index contributed by atoms with van der Waals surface area (Å²) in [5.74, 6) is 1.54. The fraction of sp³-hybridized carbons (Fsp3) is 0.667. The second kappa shape index (κ2) is 7.34. The fourth-order valence-electron chi connectivity index (χ4n) is 5.58. The Bertz CT molecular complexity index is 802. The molecule has 2 bridgehead atoms. The Labute approximate surface area is 165 Å². The molecule has 3 heterocycles. The van der Waals surface area contributed by atoms with Crippen molar-refractivity contribution in [1.29, 1.82) is 0 Å². The molecule has 1 aliphatic carbocycles. The number of rotatable bonds is 5. The van der Waals surface area contributed by atoms with Crippen LogP contribution in [0.1, 0.15) is 50.8 Å². The van der Waals surface area contributed by atoms with Gasteiger partial charge in [-0.05, 0) is 43.9 Å². The summed E-state index contributed by atoms with van der Waals surface area (Å²) in [7, 11) is 0. The van der Waals surface area contributed by atoms with Gasteiger partial charge in [0.2, 0.25) is 0 Å². The highest BCUT2D eigenvalue weighted by molar-refractivity contribution is 6.34. The molecule has 0 radical (unpaired) electrons. The maximum absolute atomic E-state index is 13.6. The van der Waals surface area contributed by atoms with Crippen LogP contribution in [-0.2, 0) is 6.54 Å². The van der Waals surface area contributed by atoms with E-state index in [-0.39, 0.29) is 5.82 Å². The van der Waals surface area contributed by atoms with E-state index >= 15 is 0 Å². The van der Waals surface area contributed by atoms with E-state index in [0.29, 0.717) is 28.1 Å². The molecule has 2 aromatic rings. The van der Waals surface area contributed by atoms with Crippen molar-refractivity contribution in [2.75, 3.05) is 19.6 Å². The van der Waals surface area contributed by atoms with E-state index in [2.05, 4.69) is 19.8 Å². The highest BCUT2D eigenvalue weighted by atomic mass is 35.5. The number of benzene rings is 1. The first-order valence-corrected chi connectivity index (χ1v) is 10.9. The van der Waals surface area contributed by atoms with Crippen molar-refractivity contribution in [2.24, 2.45) is 5.92 Å². The number of H-pyrrole nitrogens is 1.